The molecule has 4 nitrogen and oxygen atoms in total. The molecule has 1 aromatic heterocycles. The minimum absolute atomic E-state index is 0.00168. The lowest BCUT2D eigenvalue weighted by Gasteiger charge is -2.23. The number of hydrogen-bond acceptors (Lipinski definition) is 3. The molecule has 2 rings (SSSR count). The van der Waals surface area contributed by atoms with E-state index in [0.717, 1.165) is 16.6 Å². The minimum Gasteiger partial charge on any atom is -0.351 e. The van der Waals surface area contributed by atoms with Crippen molar-refractivity contribution in [2.75, 3.05) is 13.6 Å². The van der Waals surface area contributed by atoms with Gasteiger partial charge in [-0.3, -0.25) is 14.7 Å². The van der Waals surface area contributed by atoms with Crippen molar-refractivity contribution in [3.63, 3.8) is 0 Å². The Morgan fingerprint density at radius 2 is 2.14 bits per heavy atom. The second-order valence-electron chi connectivity index (χ2n) is 5.12. The number of nitrogens with zero attached hydrogens (tertiary/aromatic N) is 2. The highest BCUT2D eigenvalue weighted by molar-refractivity contribution is 5.81. The van der Waals surface area contributed by atoms with Gasteiger partial charge in [0.25, 0.3) is 0 Å². The van der Waals surface area contributed by atoms with Crippen LogP contribution in [0.5, 0.6) is 0 Å². The molecule has 1 aromatic carbocycles. The van der Waals surface area contributed by atoms with E-state index in [9.17, 15) is 4.79 Å². The first kappa shape index (κ1) is 15.2. The first-order chi connectivity index (χ1) is 10.1. The van der Waals surface area contributed by atoms with Gasteiger partial charge in [-0.25, -0.2) is 0 Å². The lowest BCUT2D eigenvalue weighted by atomic mass is 10.2. The molecule has 1 atom stereocenters. The zero-order valence-corrected chi connectivity index (χ0v) is 12.5. The van der Waals surface area contributed by atoms with Crippen molar-refractivity contribution in [1.29, 1.82) is 0 Å². The molecule has 0 fully saturated rings. The van der Waals surface area contributed by atoms with Gasteiger partial charge in [-0.2, -0.15) is 0 Å². The van der Waals surface area contributed by atoms with Crippen LogP contribution in [0.4, 0.5) is 0 Å². The van der Waals surface area contributed by atoms with Crippen LogP contribution in [0.3, 0.4) is 0 Å². The van der Waals surface area contributed by atoms with Gasteiger partial charge in [0, 0.05) is 18.5 Å². The summed E-state index contributed by atoms with van der Waals surface area (Å²) in [6.45, 7) is 6.61. The summed E-state index contributed by atoms with van der Waals surface area (Å²) in [5.74, 6) is -0.00168. The van der Waals surface area contributed by atoms with E-state index in [0.29, 0.717) is 13.1 Å². The van der Waals surface area contributed by atoms with E-state index in [1.807, 2.05) is 49.2 Å². The zero-order valence-electron chi connectivity index (χ0n) is 12.5. The van der Waals surface area contributed by atoms with E-state index in [1.165, 1.54) is 0 Å². The third-order valence-corrected chi connectivity index (χ3v) is 3.53. The van der Waals surface area contributed by atoms with E-state index in [1.54, 1.807) is 6.08 Å². The van der Waals surface area contributed by atoms with Gasteiger partial charge in [0.2, 0.25) is 5.91 Å². The molecule has 4 heteroatoms. The van der Waals surface area contributed by atoms with Gasteiger partial charge < -0.3 is 5.32 Å². The van der Waals surface area contributed by atoms with Crippen molar-refractivity contribution in [3.05, 3.63) is 54.7 Å². The fraction of sp³-hybridized carbons (Fsp3) is 0.294. The summed E-state index contributed by atoms with van der Waals surface area (Å²) in [5.41, 5.74) is 1.94. The highest BCUT2D eigenvalue weighted by Crippen LogP contribution is 2.13. The van der Waals surface area contributed by atoms with Crippen molar-refractivity contribution in [2.45, 2.75) is 19.5 Å². The number of likely N-dealkylation sites (N-methyl/N-ethyl adjacent to an activating group) is 1. The number of benzene rings is 1. The highest BCUT2D eigenvalue weighted by Gasteiger charge is 2.17. The number of carbonyl (C=O) groups excluding carboxylic acids is 1. The molecule has 1 amide bonds. The predicted molar refractivity (Wildman–Crippen MR) is 85.9 cm³/mol. The molecule has 1 heterocycles. The van der Waals surface area contributed by atoms with E-state index in [2.05, 4.69) is 22.9 Å². The molecular weight excluding hydrogens is 262 g/mol. The summed E-state index contributed by atoms with van der Waals surface area (Å²) in [7, 11) is 1.93. The maximum absolute atomic E-state index is 11.9. The molecule has 0 aliphatic heterocycles. The lowest BCUT2D eigenvalue weighted by Crippen LogP contribution is -2.43. The summed E-state index contributed by atoms with van der Waals surface area (Å²) in [4.78, 5) is 18.5. The molecule has 0 bridgehead atoms. The first-order valence-corrected chi connectivity index (χ1v) is 7.05. The number of pyridine rings is 1. The number of carbonyl (C=O) groups is 1. The average molecular weight is 283 g/mol. The number of aromatic nitrogens is 1. The summed E-state index contributed by atoms with van der Waals surface area (Å²) in [6, 6.07) is 11.9. The van der Waals surface area contributed by atoms with E-state index < -0.39 is 0 Å². The molecule has 0 unspecified atom stereocenters. The Hall–Kier alpha value is -2.20. The van der Waals surface area contributed by atoms with E-state index >= 15 is 0 Å². The molecule has 110 valence electrons. The first-order valence-electron chi connectivity index (χ1n) is 7.05. The van der Waals surface area contributed by atoms with Crippen LogP contribution in [0.1, 0.15) is 12.6 Å². The summed E-state index contributed by atoms with van der Waals surface area (Å²) >= 11 is 0. The van der Waals surface area contributed by atoms with Crippen LogP contribution < -0.4 is 5.32 Å². The van der Waals surface area contributed by atoms with Crippen molar-refractivity contribution < 1.29 is 4.79 Å². The third-order valence-electron chi connectivity index (χ3n) is 3.53. The smallest absolute Gasteiger partial charge is 0.237 e. The Bertz CT molecular complexity index is 639. The standard InChI is InChI=1S/C17H21N3O/c1-4-11-18-17(21)13(2)20(3)12-15-10-9-14-7-5-6-8-16(14)19-15/h4-10,13H,1,11-12H2,2-3H3,(H,18,21)/t13-/m0/s1. The zero-order chi connectivity index (χ0) is 15.2. The summed E-state index contributed by atoms with van der Waals surface area (Å²) in [6.07, 6.45) is 1.68. The Kier molecular flexibility index (Phi) is 5.06. The fourth-order valence-corrected chi connectivity index (χ4v) is 2.11. The second kappa shape index (κ2) is 6.99. The number of hydrogen-bond donors (Lipinski definition) is 1. The molecule has 0 aliphatic carbocycles. The number of rotatable bonds is 6. The molecule has 21 heavy (non-hydrogen) atoms. The molecule has 0 saturated heterocycles. The normalized spacial score (nSPS) is 12.3. The van der Waals surface area contributed by atoms with Gasteiger partial charge >= 0.3 is 0 Å². The Morgan fingerprint density at radius 3 is 2.90 bits per heavy atom. The van der Waals surface area contributed by atoms with Gasteiger partial charge in [0.15, 0.2) is 0 Å². The van der Waals surface area contributed by atoms with Crippen LogP contribution in [-0.2, 0) is 11.3 Å². The summed E-state index contributed by atoms with van der Waals surface area (Å²) in [5, 5.41) is 3.93. The van der Waals surface area contributed by atoms with Crippen molar-refractivity contribution in [3.8, 4) is 0 Å². The molecular formula is C17H21N3O. The number of amides is 1. The van der Waals surface area contributed by atoms with Crippen LogP contribution in [-0.4, -0.2) is 35.4 Å². The Morgan fingerprint density at radius 1 is 1.38 bits per heavy atom. The molecule has 0 spiro atoms. The minimum atomic E-state index is -0.210. The maximum atomic E-state index is 11.9. The monoisotopic (exact) mass is 283 g/mol. The topological polar surface area (TPSA) is 45.2 Å². The Balaban J connectivity index is 2.04. The molecule has 2 aromatic rings. The van der Waals surface area contributed by atoms with E-state index in [-0.39, 0.29) is 11.9 Å². The van der Waals surface area contributed by atoms with Crippen molar-refractivity contribution >= 4 is 16.8 Å². The lowest BCUT2D eigenvalue weighted by molar-refractivity contribution is -0.125. The van der Waals surface area contributed by atoms with Gasteiger partial charge in [-0.05, 0) is 26.1 Å². The molecule has 1 N–H and O–H groups in total. The Labute approximate surface area is 125 Å². The van der Waals surface area contributed by atoms with Crippen LogP contribution in [0.15, 0.2) is 49.1 Å². The fourth-order valence-electron chi connectivity index (χ4n) is 2.11. The van der Waals surface area contributed by atoms with Crippen LogP contribution in [0.25, 0.3) is 10.9 Å². The highest BCUT2D eigenvalue weighted by atomic mass is 16.2. The van der Waals surface area contributed by atoms with Gasteiger partial charge in [-0.15, -0.1) is 6.58 Å². The SMILES string of the molecule is C=CCNC(=O)[C@H](C)N(C)Cc1ccc2ccccc2n1. The second-order valence-corrected chi connectivity index (χ2v) is 5.12. The number of fused-ring (bicyclic) bond motifs is 1. The maximum Gasteiger partial charge on any atom is 0.237 e. The van der Waals surface area contributed by atoms with Crippen molar-refractivity contribution in [1.82, 2.24) is 15.2 Å². The van der Waals surface area contributed by atoms with Crippen LogP contribution >= 0.6 is 0 Å². The van der Waals surface area contributed by atoms with Gasteiger partial charge in [-0.1, -0.05) is 30.3 Å². The largest absolute Gasteiger partial charge is 0.351 e. The van der Waals surface area contributed by atoms with Gasteiger partial charge in [0.05, 0.1) is 17.3 Å². The number of para-hydroxylation sites is 1. The molecule has 0 radical (unpaired) electrons. The average Bonchev–Trinajstić information content (AvgIpc) is 2.51. The summed E-state index contributed by atoms with van der Waals surface area (Å²) < 4.78 is 0. The molecule has 0 aliphatic rings. The number of nitrogens with one attached hydrogen (secondary N) is 1. The van der Waals surface area contributed by atoms with Gasteiger partial charge in [0.1, 0.15) is 0 Å². The third kappa shape index (κ3) is 3.89. The van der Waals surface area contributed by atoms with E-state index in [4.69, 9.17) is 0 Å². The van der Waals surface area contributed by atoms with Crippen LogP contribution in [0.2, 0.25) is 0 Å². The van der Waals surface area contributed by atoms with Crippen molar-refractivity contribution in [2.24, 2.45) is 0 Å². The van der Waals surface area contributed by atoms with Crippen LogP contribution in [0, 0.1) is 0 Å². The quantitative estimate of drug-likeness (QED) is 0.828. The predicted octanol–water partition coefficient (Wildman–Crippen LogP) is 2.36. The molecule has 0 saturated carbocycles.